The number of ether oxygens (including phenoxy) is 2. The first-order valence-electron chi connectivity index (χ1n) is 5.98. The van der Waals surface area contributed by atoms with Crippen LogP contribution in [0.1, 0.15) is 0 Å². The van der Waals surface area contributed by atoms with Gasteiger partial charge in [-0.15, -0.1) is 0 Å². The molecule has 0 amide bonds. The molecule has 1 aliphatic heterocycles. The highest BCUT2D eigenvalue weighted by Gasteiger charge is 2.21. The molecule has 7 heteroatoms. The van der Waals surface area contributed by atoms with Crippen molar-refractivity contribution in [1.82, 2.24) is 24.4 Å². The fraction of sp³-hybridized carbons (Fsp3) is 0.250. The predicted molar refractivity (Wildman–Crippen MR) is 65.3 cm³/mol. The minimum atomic E-state index is 0.139. The van der Waals surface area contributed by atoms with Crippen molar-refractivity contribution >= 4 is 5.65 Å². The fourth-order valence-corrected chi connectivity index (χ4v) is 1.95. The molecule has 1 aliphatic rings. The standard InChI is InChI=1S/C12H11N5O2/c1-2-13-12-11(5-15-16(12)3-1)17-6-9(4-14-17)19-10-7-18-8-10/h1-6,10H,7-8H2. The first-order chi connectivity index (χ1) is 9.40. The average Bonchev–Trinajstić information content (AvgIpc) is 3.00. The molecule has 4 rings (SSSR count). The number of nitrogens with zero attached hydrogens (tertiary/aromatic N) is 5. The summed E-state index contributed by atoms with van der Waals surface area (Å²) in [6.07, 6.45) is 8.95. The topological polar surface area (TPSA) is 66.5 Å². The van der Waals surface area contributed by atoms with E-state index in [1.54, 1.807) is 27.8 Å². The van der Waals surface area contributed by atoms with E-state index in [9.17, 15) is 0 Å². The molecule has 19 heavy (non-hydrogen) atoms. The summed E-state index contributed by atoms with van der Waals surface area (Å²) < 4.78 is 14.2. The Morgan fingerprint density at radius 2 is 2.21 bits per heavy atom. The van der Waals surface area contributed by atoms with E-state index >= 15 is 0 Å². The minimum Gasteiger partial charge on any atom is -0.482 e. The smallest absolute Gasteiger partial charge is 0.181 e. The Balaban J connectivity index is 1.67. The van der Waals surface area contributed by atoms with Crippen LogP contribution in [-0.4, -0.2) is 43.7 Å². The summed E-state index contributed by atoms with van der Waals surface area (Å²) in [6.45, 7) is 1.28. The van der Waals surface area contributed by atoms with Crippen molar-refractivity contribution in [3.05, 3.63) is 37.1 Å². The van der Waals surface area contributed by atoms with Crippen molar-refractivity contribution in [3.63, 3.8) is 0 Å². The molecule has 0 atom stereocenters. The lowest BCUT2D eigenvalue weighted by Gasteiger charge is -2.25. The lowest BCUT2D eigenvalue weighted by molar-refractivity contribution is -0.0796. The second-order valence-corrected chi connectivity index (χ2v) is 4.32. The molecule has 0 aliphatic carbocycles. The van der Waals surface area contributed by atoms with Gasteiger partial charge in [0.05, 0.1) is 31.8 Å². The van der Waals surface area contributed by atoms with Crippen LogP contribution in [0.3, 0.4) is 0 Å². The molecular weight excluding hydrogens is 246 g/mol. The van der Waals surface area contributed by atoms with Gasteiger partial charge in [0, 0.05) is 12.4 Å². The van der Waals surface area contributed by atoms with E-state index < -0.39 is 0 Å². The molecule has 1 saturated heterocycles. The maximum atomic E-state index is 5.69. The van der Waals surface area contributed by atoms with Crippen LogP contribution < -0.4 is 4.74 Å². The van der Waals surface area contributed by atoms with Gasteiger partial charge in [-0.3, -0.25) is 0 Å². The van der Waals surface area contributed by atoms with Crippen LogP contribution in [0.5, 0.6) is 5.75 Å². The van der Waals surface area contributed by atoms with Crippen LogP contribution in [0.25, 0.3) is 11.3 Å². The highest BCUT2D eigenvalue weighted by Crippen LogP contribution is 2.19. The van der Waals surface area contributed by atoms with E-state index in [0.717, 1.165) is 17.1 Å². The normalized spacial score (nSPS) is 15.6. The molecule has 0 bridgehead atoms. The second-order valence-electron chi connectivity index (χ2n) is 4.32. The Morgan fingerprint density at radius 3 is 3.05 bits per heavy atom. The minimum absolute atomic E-state index is 0.139. The van der Waals surface area contributed by atoms with E-state index in [1.807, 2.05) is 18.5 Å². The molecule has 0 radical (unpaired) electrons. The Labute approximate surface area is 108 Å². The maximum Gasteiger partial charge on any atom is 0.181 e. The maximum absolute atomic E-state index is 5.69. The van der Waals surface area contributed by atoms with Crippen LogP contribution in [0.2, 0.25) is 0 Å². The van der Waals surface area contributed by atoms with Gasteiger partial charge < -0.3 is 9.47 Å². The summed E-state index contributed by atoms with van der Waals surface area (Å²) >= 11 is 0. The zero-order chi connectivity index (χ0) is 12.7. The fourth-order valence-electron chi connectivity index (χ4n) is 1.95. The average molecular weight is 257 g/mol. The van der Waals surface area contributed by atoms with Crippen molar-refractivity contribution in [3.8, 4) is 11.4 Å². The van der Waals surface area contributed by atoms with Crippen molar-refractivity contribution in [2.24, 2.45) is 0 Å². The number of hydrogen-bond donors (Lipinski definition) is 0. The lowest BCUT2D eigenvalue weighted by atomic mass is 10.3. The van der Waals surface area contributed by atoms with Crippen molar-refractivity contribution in [2.45, 2.75) is 6.10 Å². The van der Waals surface area contributed by atoms with E-state index in [2.05, 4.69) is 15.2 Å². The molecule has 0 N–H and O–H groups in total. The van der Waals surface area contributed by atoms with Crippen LogP contribution in [-0.2, 0) is 4.74 Å². The van der Waals surface area contributed by atoms with Crippen LogP contribution in [0.15, 0.2) is 37.1 Å². The van der Waals surface area contributed by atoms with Gasteiger partial charge in [-0.25, -0.2) is 14.2 Å². The zero-order valence-electron chi connectivity index (χ0n) is 10.0. The van der Waals surface area contributed by atoms with Gasteiger partial charge >= 0.3 is 0 Å². The highest BCUT2D eigenvalue weighted by atomic mass is 16.6. The number of fused-ring (bicyclic) bond motifs is 1. The third-order valence-corrected chi connectivity index (χ3v) is 2.98. The molecule has 0 saturated carbocycles. The summed E-state index contributed by atoms with van der Waals surface area (Å²) in [5, 5.41) is 8.50. The number of hydrogen-bond acceptors (Lipinski definition) is 5. The summed E-state index contributed by atoms with van der Waals surface area (Å²) in [4.78, 5) is 4.29. The Morgan fingerprint density at radius 1 is 1.26 bits per heavy atom. The van der Waals surface area contributed by atoms with Gasteiger partial charge in [-0.1, -0.05) is 0 Å². The molecule has 0 spiro atoms. The van der Waals surface area contributed by atoms with E-state index in [-0.39, 0.29) is 6.10 Å². The summed E-state index contributed by atoms with van der Waals surface area (Å²) in [5.41, 5.74) is 1.57. The third-order valence-electron chi connectivity index (χ3n) is 2.98. The molecule has 0 unspecified atom stereocenters. The van der Waals surface area contributed by atoms with E-state index in [4.69, 9.17) is 9.47 Å². The molecule has 96 valence electrons. The van der Waals surface area contributed by atoms with Gasteiger partial charge in [0.25, 0.3) is 0 Å². The summed E-state index contributed by atoms with van der Waals surface area (Å²) in [5.74, 6) is 0.726. The van der Waals surface area contributed by atoms with Crippen molar-refractivity contribution in [1.29, 1.82) is 0 Å². The van der Waals surface area contributed by atoms with Crippen molar-refractivity contribution < 1.29 is 9.47 Å². The molecular formula is C12H11N5O2. The number of aromatic nitrogens is 5. The Bertz CT molecular complexity index is 716. The SMILES string of the molecule is c1cnc2c(-n3cc(OC4COC4)cn3)cnn2c1. The Kier molecular flexibility index (Phi) is 2.25. The Hall–Kier alpha value is -2.41. The molecule has 7 nitrogen and oxygen atoms in total. The highest BCUT2D eigenvalue weighted by molar-refractivity contribution is 5.57. The lowest BCUT2D eigenvalue weighted by Crippen LogP contribution is -2.38. The molecule has 3 aromatic rings. The van der Waals surface area contributed by atoms with Crippen LogP contribution in [0, 0.1) is 0 Å². The van der Waals surface area contributed by atoms with Gasteiger partial charge in [-0.2, -0.15) is 10.2 Å². The number of rotatable bonds is 3. The second kappa shape index (κ2) is 4.06. The van der Waals surface area contributed by atoms with Crippen LogP contribution in [0.4, 0.5) is 0 Å². The van der Waals surface area contributed by atoms with Gasteiger partial charge in [0.15, 0.2) is 11.4 Å². The third kappa shape index (κ3) is 1.75. The summed E-state index contributed by atoms with van der Waals surface area (Å²) in [6, 6.07) is 1.83. The molecule has 4 heterocycles. The molecule has 1 fully saturated rings. The van der Waals surface area contributed by atoms with Gasteiger partial charge in [-0.05, 0) is 6.07 Å². The largest absolute Gasteiger partial charge is 0.482 e. The molecule has 0 aromatic carbocycles. The van der Waals surface area contributed by atoms with Crippen molar-refractivity contribution in [2.75, 3.05) is 13.2 Å². The summed E-state index contributed by atoms with van der Waals surface area (Å²) in [7, 11) is 0. The first-order valence-corrected chi connectivity index (χ1v) is 5.98. The van der Waals surface area contributed by atoms with Gasteiger partial charge in [0.1, 0.15) is 11.8 Å². The quantitative estimate of drug-likeness (QED) is 0.690. The van der Waals surface area contributed by atoms with E-state index in [1.165, 1.54) is 0 Å². The molecule has 3 aromatic heterocycles. The zero-order valence-corrected chi connectivity index (χ0v) is 10.0. The monoisotopic (exact) mass is 257 g/mol. The van der Waals surface area contributed by atoms with Gasteiger partial charge in [0.2, 0.25) is 0 Å². The predicted octanol–water partition coefficient (Wildman–Crippen LogP) is 0.693. The van der Waals surface area contributed by atoms with E-state index in [0.29, 0.717) is 13.2 Å². The van der Waals surface area contributed by atoms with Crippen LogP contribution >= 0.6 is 0 Å². The first kappa shape index (κ1) is 10.5.